The Morgan fingerprint density at radius 2 is 0.774 bits per heavy atom. The molecule has 0 heterocycles. The summed E-state index contributed by atoms with van der Waals surface area (Å²) >= 11 is 0. The molecule has 10 heteroatoms. The Hall–Kier alpha value is -3.07. The lowest BCUT2D eigenvalue weighted by atomic mass is 10.0. The van der Waals surface area contributed by atoms with Crippen LogP contribution in [-0.4, -0.2) is 74.3 Å². The van der Waals surface area contributed by atoms with Crippen LogP contribution in [0.4, 0.5) is 0 Å². The summed E-state index contributed by atoms with van der Waals surface area (Å²) in [4.78, 5) is 37.8. The van der Waals surface area contributed by atoms with E-state index in [-0.39, 0.29) is 25.5 Å². The van der Waals surface area contributed by atoms with Gasteiger partial charge in [-0.15, -0.1) is 0 Å². The van der Waals surface area contributed by atoms with Gasteiger partial charge in [-0.05, 0) is 96.0 Å². The number of quaternary nitrogens is 1. The van der Waals surface area contributed by atoms with Crippen molar-refractivity contribution in [3.63, 3.8) is 0 Å². The molecule has 84 heavy (non-hydrogen) atoms. The molecule has 0 bridgehead atoms. The van der Waals surface area contributed by atoms with E-state index in [1.54, 1.807) is 0 Å². The first kappa shape index (κ1) is 80.9. The lowest BCUT2D eigenvalue weighted by molar-refractivity contribution is -0.870. The first-order valence-electron chi connectivity index (χ1n) is 35.1. The number of amides is 1. The maximum Gasteiger partial charge on any atom is 0.472 e. The molecule has 0 saturated carbocycles. The van der Waals surface area contributed by atoms with Crippen LogP contribution in [0.15, 0.2) is 97.2 Å². The normalized spacial score (nSPS) is 14.1. The molecule has 0 aromatic heterocycles. The molecule has 0 aromatic rings. The van der Waals surface area contributed by atoms with E-state index in [9.17, 15) is 19.0 Å². The summed E-state index contributed by atoms with van der Waals surface area (Å²) in [5.74, 6) is -0.598. The fraction of sp³-hybridized carbons (Fsp3) is 0.757. The number of allylic oxidation sites excluding steroid dienone is 15. The van der Waals surface area contributed by atoms with E-state index in [2.05, 4.69) is 105 Å². The number of rotatable bonds is 63. The maximum absolute atomic E-state index is 13.6. The SMILES string of the molecule is CC/C=C\C/C=C\C/C=C\C/C=C\C/C=C\C/C=C\CCC(=O)OC(/C=C\CCCCCCCCCCCC)C(COP(=O)(O)OCC[N+](C)(C)C)NC(=O)CCCCCCCCCCCCCCCCCCC/C=C/CCCCCCCC. The summed E-state index contributed by atoms with van der Waals surface area (Å²) in [6.45, 7) is 6.87. The van der Waals surface area contributed by atoms with Gasteiger partial charge < -0.3 is 19.4 Å². The molecule has 0 rings (SSSR count). The van der Waals surface area contributed by atoms with Gasteiger partial charge in [-0.2, -0.15) is 0 Å². The highest BCUT2D eigenvalue weighted by Crippen LogP contribution is 2.43. The summed E-state index contributed by atoms with van der Waals surface area (Å²) in [5.41, 5.74) is 0. The van der Waals surface area contributed by atoms with Crippen molar-refractivity contribution in [3.8, 4) is 0 Å². The smallest absolute Gasteiger partial charge is 0.456 e. The first-order valence-corrected chi connectivity index (χ1v) is 36.6. The van der Waals surface area contributed by atoms with E-state index in [4.69, 9.17) is 13.8 Å². The minimum atomic E-state index is -4.47. The number of unbranched alkanes of at least 4 members (excludes halogenated alkanes) is 33. The second-order valence-corrected chi connectivity index (χ2v) is 26.1. The Labute approximate surface area is 519 Å². The van der Waals surface area contributed by atoms with Crippen molar-refractivity contribution in [2.24, 2.45) is 0 Å². The third-order valence-electron chi connectivity index (χ3n) is 15.3. The number of nitrogens with zero attached hydrogens (tertiary/aromatic N) is 1. The van der Waals surface area contributed by atoms with Crippen LogP contribution in [0.2, 0.25) is 0 Å². The number of hydrogen-bond acceptors (Lipinski definition) is 6. The van der Waals surface area contributed by atoms with E-state index in [0.717, 1.165) is 77.0 Å². The van der Waals surface area contributed by atoms with E-state index in [1.165, 1.54) is 193 Å². The molecule has 0 aliphatic rings. The van der Waals surface area contributed by atoms with Gasteiger partial charge in [0, 0.05) is 12.8 Å². The predicted octanol–water partition coefficient (Wildman–Crippen LogP) is 22.3. The van der Waals surface area contributed by atoms with Gasteiger partial charge in [-0.25, -0.2) is 4.57 Å². The third-order valence-corrected chi connectivity index (χ3v) is 16.3. The highest BCUT2D eigenvalue weighted by Gasteiger charge is 2.30. The zero-order valence-corrected chi connectivity index (χ0v) is 56.5. The monoisotopic (exact) mass is 1190 g/mol. The second-order valence-electron chi connectivity index (χ2n) is 24.7. The quantitative estimate of drug-likeness (QED) is 0.0205. The Morgan fingerprint density at radius 1 is 0.429 bits per heavy atom. The Morgan fingerprint density at radius 3 is 1.17 bits per heavy atom. The standard InChI is InChI=1S/C74H133N2O7P/c1-7-10-13-16-19-22-25-28-30-32-34-35-36-37-38-39-40-41-43-44-46-48-51-54-57-60-63-66-73(77)75-71(70-82-84(79,80)81-69-68-76(4,5)6)72(65-62-59-56-53-50-27-24-21-18-15-12-9-3)83-74(78)67-64-61-58-55-52-49-47-45-42-33-31-29-26-23-20-17-14-11-8-2/h11,14,20,23,28-31,42,45,49,52,58,61-62,65,71-72H,7-10,12-13,15-19,21-22,24-27,32-41,43-44,46-48,50-51,53-57,59-60,63-64,66-70H2,1-6H3,(H-,75,77,79,80)/p+1/b14-11-,23-20-,30-28+,31-29-,45-42-,52-49-,61-58-,65-62-. The minimum Gasteiger partial charge on any atom is -0.456 e. The van der Waals surface area contributed by atoms with E-state index in [0.29, 0.717) is 23.9 Å². The lowest BCUT2D eigenvalue weighted by Gasteiger charge is -2.27. The molecule has 0 aliphatic heterocycles. The molecule has 3 atom stereocenters. The van der Waals surface area contributed by atoms with Crippen LogP contribution in [0.5, 0.6) is 0 Å². The third kappa shape index (κ3) is 63.4. The molecule has 2 N–H and O–H groups in total. The molecule has 1 amide bonds. The number of carbonyl (C=O) groups excluding carboxylic acids is 2. The van der Waals surface area contributed by atoms with Crippen molar-refractivity contribution in [3.05, 3.63) is 97.2 Å². The van der Waals surface area contributed by atoms with Crippen LogP contribution in [0.25, 0.3) is 0 Å². The van der Waals surface area contributed by atoms with Crippen molar-refractivity contribution in [1.29, 1.82) is 0 Å². The first-order chi connectivity index (χ1) is 40.9. The van der Waals surface area contributed by atoms with Gasteiger partial charge in [0.25, 0.3) is 0 Å². The van der Waals surface area contributed by atoms with Crippen molar-refractivity contribution >= 4 is 19.7 Å². The molecule has 3 unspecified atom stereocenters. The van der Waals surface area contributed by atoms with Gasteiger partial charge >= 0.3 is 13.8 Å². The zero-order chi connectivity index (χ0) is 61.4. The molecule has 0 aliphatic carbocycles. The highest BCUT2D eigenvalue weighted by atomic mass is 31.2. The molecular formula is C74H134N2O7P+. The van der Waals surface area contributed by atoms with Crippen molar-refractivity contribution in [1.82, 2.24) is 5.32 Å². The zero-order valence-electron chi connectivity index (χ0n) is 55.6. The van der Waals surface area contributed by atoms with Crippen LogP contribution in [0.1, 0.15) is 310 Å². The Balaban J connectivity index is 5.11. The van der Waals surface area contributed by atoms with Crippen LogP contribution in [0.3, 0.4) is 0 Å². The van der Waals surface area contributed by atoms with Gasteiger partial charge in [0.15, 0.2) is 0 Å². The molecular weight excluding hydrogens is 1060 g/mol. The van der Waals surface area contributed by atoms with Gasteiger partial charge in [-0.3, -0.25) is 18.6 Å². The van der Waals surface area contributed by atoms with Crippen molar-refractivity contribution < 1.29 is 37.3 Å². The van der Waals surface area contributed by atoms with E-state index in [1.807, 2.05) is 39.4 Å². The van der Waals surface area contributed by atoms with E-state index >= 15 is 0 Å². The molecule has 486 valence electrons. The number of nitrogens with one attached hydrogen (secondary N) is 1. The van der Waals surface area contributed by atoms with Crippen molar-refractivity contribution in [2.45, 2.75) is 322 Å². The average Bonchev–Trinajstić information content (AvgIpc) is 3.65. The van der Waals surface area contributed by atoms with Gasteiger partial charge in [0.05, 0.1) is 33.8 Å². The molecule has 0 saturated heterocycles. The number of phosphoric ester groups is 1. The van der Waals surface area contributed by atoms with Crippen LogP contribution in [0, 0.1) is 0 Å². The maximum atomic E-state index is 13.6. The summed E-state index contributed by atoms with van der Waals surface area (Å²) in [5, 5.41) is 3.05. The van der Waals surface area contributed by atoms with Gasteiger partial charge in [0.1, 0.15) is 19.3 Å². The highest BCUT2D eigenvalue weighted by molar-refractivity contribution is 7.47. The van der Waals surface area contributed by atoms with Crippen LogP contribution in [-0.2, 0) is 27.9 Å². The molecule has 0 aromatic carbocycles. The fourth-order valence-electron chi connectivity index (χ4n) is 9.90. The minimum absolute atomic E-state index is 0.0263. The lowest BCUT2D eigenvalue weighted by Crippen LogP contribution is -2.47. The number of hydrogen-bond donors (Lipinski definition) is 2. The number of phosphoric acid groups is 1. The second kappa shape index (κ2) is 63.0. The number of carbonyl (C=O) groups is 2. The Bertz CT molecular complexity index is 1760. The van der Waals surface area contributed by atoms with Gasteiger partial charge in [-0.1, -0.05) is 298 Å². The topological polar surface area (TPSA) is 111 Å². The summed E-state index contributed by atoms with van der Waals surface area (Å²) < 4.78 is 30.7. The average molecular weight is 1190 g/mol. The molecule has 0 fully saturated rings. The Kier molecular flexibility index (Phi) is 60.7. The molecule has 0 radical (unpaired) electrons. The summed E-state index contributed by atoms with van der Waals surface area (Å²) in [6, 6.07) is -0.884. The summed E-state index contributed by atoms with van der Waals surface area (Å²) in [7, 11) is 1.46. The predicted molar refractivity (Wildman–Crippen MR) is 364 cm³/mol. The number of ether oxygens (including phenoxy) is 1. The summed E-state index contributed by atoms with van der Waals surface area (Å²) in [6.07, 6.45) is 85.9. The fourth-order valence-corrected chi connectivity index (χ4v) is 10.6. The molecule has 9 nitrogen and oxygen atoms in total. The molecule has 0 spiro atoms. The van der Waals surface area contributed by atoms with Gasteiger partial charge in [0.2, 0.25) is 5.91 Å². The number of esters is 1. The van der Waals surface area contributed by atoms with E-state index < -0.39 is 25.9 Å². The van der Waals surface area contributed by atoms with Crippen LogP contribution >= 0.6 is 7.82 Å². The van der Waals surface area contributed by atoms with Crippen molar-refractivity contribution in [2.75, 3.05) is 40.9 Å². The number of likely N-dealkylation sites (N-methyl/N-ethyl adjacent to an activating group) is 1. The van der Waals surface area contributed by atoms with Crippen LogP contribution < -0.4 is 5.32 Å². The largest absolute Gasteiger partial charge is 0.472 e.